The molecule has 0 saturated carbocycles. The number of rotatable bonds is 6. The van der Waals surface area contributed by atoms with Crippen molar-refractivity contribution in [2.45, 2.75) is 26.8 Å². The number of amides is 1. The minimum Gasteiger partial charge on any atom is -0.369 e. The molecule has 0 aliphatic heterocycles. The number of thiophene rings is 1. The molecule has 0 unspecified atom stereocenters. The first-order valence-electron chi connectivity index (χ1n) is 6.58. The van der Waals surface area contributed by atoms with Crippen LogP contribution in [0.4, 0.5) is 5.82 Å². The van der Waals surface area contributed by atoms with Gasteiger partial charge in [-0.05, 0) is 47.4 Å². The fourth-order valence-corrected chi connectivity index (χ4v) is 2.49. The summed E-state index contributed by atoms with van der Waals surface area (Å²) >= 11 is 1.64. The highest BCUT2D eigenvalue weighted by Gasteiger charge is 2.08. The lowest BCUT2D eigenvalue weighted by atomic mass is 10.2. The van der Waals surface area contributed by atoms with E-state index in [0.717, 1.165) is 18.5 Å². The Hall–Kier alpha value is -1.95. The first-order chi connectivity index (χ1) is 9.70. The highest BCUT2D eigenvalue weighted by atomic mass is 32.1. The monoisotopic (exact) mass is 290 g/mol. The highest BCUT2D eigenvalue weighted by Crippen LogP contribution is 2.13. The van der Waals surface area contributed by atoms with Crippen LogP contribution in [-0.4, -0.2) is 22.6 Å². The Bertz CT molecular complexity index is 565. The molecule has 2 rings (SSSR count). The molecule has 0 saturated heterocycles. The molecule has 0 aromatic carbocycles. The number of aryl methyl sites for hydroxylation is 1. The van der Waals surface area contributed by atoms with E-state index in [9.17, 15) is 4.79 Å². The molecule has 0 spiro atoms. The molecule has 106 valence electrons. The zero-order valence-corrected chi connectivity index (χ0v) is 12.5. The molecule has 0 fully saturated rings. The first-order valence-corrected chi connectivity index (χ1v) is 7.52. The standard InChI is InChI=1S/C14H18N4OS/c1-3-6-15-13-5-4-12(17-18-13)14(19)16-7-11-9-20-8-10(11)2/h4-5,8-9H,3,6-7H2,1-2H3,(H,15,18)(H,16,19). The summed E-state index contributed by atoms with van der Waals surface area (Å²) < 4.78 is 0. The minimum absolute atomic E-state index is 0.204. The lowest BCUT2D eigenvalue weighted by Gasteiger charge is -2.05. The third-order valence-corrected chi connectivity index (χ3v) is 3.76. The van der Waals surface area contributed by atoms with Gasteiger partial charge in [-0.3, -0.25) is 4.79 Å². The number of anilines is 1. The van der Waals surface area contributed by atoms with E-state index < -0.39 is 0 Å². The summed E-state index contributed by atoms with van der Waals surface area (Å²) in [5.74, 6) is 0.488. The third kappa shape index (κ3) is 3.77. The van der Waals surface area contributed by atoms with Gasteiger partial charge in [0.05, 0.1) is 0 Å². The second-order valence-corrected chi connectivity index (χ2v) is 5.24. The van der Waals surface area contributed by atoms with Gasteiger partial charge < -0.3 is 10.6 Å². The molecule has 5 nitrogen and oxygen atoms in total. The number of nitrogens with zero attached hydrogens (tertiary/aromatic N) is 2. The average molecular weight is 290 g/mol. The zero-order valence-electron chi connectivity index (χ0n) is 11.6. The van der Waals surface area contributed by atoms with Crippen LogP contribution >= 0.6 is 11.3 Å². The number of hydrogen-bond donors (Lipinski definition) is 2. The fourth-order valence-electron chi connectivity index (χ4n) is 1.63. The van der Waals surface area contributed by atoms with E-state index in [4.69, 9.17) is 0 Å². The molecule has 20 heavy (non-hydrogen) atoms. The predicted octanol–water partition coefficient (Wildman–Crippen LogP) is 2.60. The van der Waals surface area contributed by atoms with Crippen LogP contribution in [0, 0.1) is 6.92 Å². The molecule has 2 aromatic heterocycles. The van der Waals surface area contributed by atoms with Gasteiger partial charge in [-0.15, -0.1) is 10.2 Å². The Morgan fingerprint density at radius 1 is 1.30 bits per heavy atom. The van der Waals surface area contributed by atoms with Gasteiger partial charge in [-0.1, -0.05) is 6.92 Å². The summed E-state index contributed by atoms with van der Waals surface area (Å²) in [4.78, 5) is 11.9. The largest absolute Gasteiger partial charge is 0.369 e. The van der Waals surface area contributed by atoms with Crippen LogP contribution in [0.15, 0.2) is 22.9 Å². The van der Waals surface area contributed by atoms with Gasteiger partial charge in [0, 0.05) is 13.1 Å². The van der Waals surface area contributed by atoms with Crippen LogP contribution < -0.4 is 10.6 Å². The van der Waals surface area contributed by atoms with Crippen molar-refractivity contribution in [2.24, 2.45) is 0 Å². The number of carbonyl (C=O) groups is 1. The van der Waals surface area contributed by atoms with Crippen molar-refractivity contribution < 1.29 is 4.79 Å². The first kappa shape index (κ1) is 14.5. The quantitative estimate of drug-likeness (QED) is 0.858. The van der Waals surface area contributed by atoms with Crippen molar-refractivity contribution in [3.8, 4) is 0 Å². The van der Waals surface area contributed by atoms with E-state index in [-0.39, 0.29) is 5.91 Å². The second-order valence-electron chi connectivity index (χ2n) is 4.49. The van der Waals surface area contributed by atoms with E-state index in [0.29, 0.717) is 18.1 Å². The Morgan fingerprint density at radius 3 is 2.75 bits per heavy atom. The van der Waals surface area contributed by atoms with Crippen LogP contribution in [0.5, 0.6) is 0 Å². The summed E-state index contributed by atoms with van der Waals surface area (Å²) in [5, 5.41) is 18.0. The SMILES string of the molecule is CCCNc1ccc(C(=O)NCc2cscc2C)nn1. The summed E-state index contributed by atoms with van der Waals surface area (Å²) in [6, 6.07) is 3.45. The van der Waals surface area contributed by atoms with Gasteiger partial charge >= 0.3 is 0 Å². The van der Waals surface area contributed by atoms with Gasteiger partial charge in [0.1, 0.15) is 5.82 Å². The van der Waals surface area contributed by atoms with Crippen LogP contribution in [0.3, 0.4) is 0 Å². The van der Waals surface area contributed by atoms with Gasteiger partial charge in [0.15, 0.2) is 5.69 Å². The second kappa shape index (κ2) is 7.00. The Morgan fingerprint density at radius 2 is 2.15 bits per heavy atom. The van der Waals surface area contributed by atoms with Gasteiger partial charge in [0.2, 0.25) is 0 Å². The number of aromatic nitrogens is 2. The molecule has 2 N–H and O–H groups in total. The minimum atomic E-state index is -0.204. The van der Waals surface area contributed by atoms with E-state index in [2.05, 4.69) is 33.1 Å². The molecule has 2 heterocycles. The molecule has 1 amide bonds. The van der Waals surface area contributed by atoms with Crippen LogP contribution in [0.1, 0.15) is 35.0 Å². The number of hydrogen-bond acceptors (Lipinski definition) is 5. The van der Waals surface area contributed by atoms with E-state index in [1.54, 1.807) is 23.5 Å². The Labute approximate surface area is 122 Å². The average Bonchev–Trinajstić information content (AvgIpc) is 2.88. The normalized spacial score (nSPS) is 10.3. The van der Waals surface area contributed by atoms with E-state index >= 15 is 0 Å². The zero-order chi connectivity index (χ0) is 14.4. The molecule has 6 heteroatoms. The lowest BCUT2D eigenvalue weighted by Crippen LogP contribution is -2.24. The van der Waals surface area contributed by atoms with E-state index in [1.807, 2.05) is 12.3 Å². The van der Waals surface area contributed by atoms with Crippen LogP contribution in [0.2, 0.25) is 0 Å². The molecule has 0 radical (unpaired) electrons. The summed E-state index contributed by atoms with van der Waals surface area (Å²) in [6.07, 6.45) is 1.02. The summed E-state index contributed by atoms with van der Waals surface area (Å²) in [7, 11) is 0. The van der Waals surface area contributed by atoms with Crippen LogP contribution in [0.25, 0.3) is 0 Å². The molecule has 0 aliphatic carbocycles. The lowest BCUT2D eigenvalue weighted by molar-refractivity contribution is 0.0945. The highest BCUT2D eigenvalue weighted by molar-refractivity contribution is 7.08. The topological polar surface area (TPSA) is 66.9 Å². The molecule has 0 atom stereocenters. The maximum atomic E-state index is 11.9. The molecule has 0 bridgehead atoms. The summed E-state index contributed by atoms with van der Waals surface area (Å²) in [6.45, 7) is 5.48. The van der Waals surface area contributed by atoms with Crippen molar-refractivity contribution in [3.63, 3.8) is 0 Å². The summed E-state index contributed by atoms with van der Waals surface area (Å²) in [5.41, 5.74) is 2.66. The molecule has 0 aliphatic rings. The van der Waals surface area contributed by atoms with Crippen molar-refractivity contribution >= 4 is 23.1 Å². The van der Waals surface area contributed by atoms with Crippen molar-refractivity contribution in [3.05, 3.63) is 39.7 Å². The fraction of sp³-hybridized carbons (Fsp3) is 0.357. The van der Waals surface area contributed by atoms with Crippen molar-refractivity contribution in [1.29, 1.82) is 0 Å². The van der Waals surface area contributed by atoms with E-state index in [1.165, 1.54) is 5.56 Å². The number of nitrogens with one attached hydrogen (secondary N) is 2. The molecule has 2 aromatic rings. The van der Waals surface area contributed by atoms with Gasteiger partial charge in [-0.25, -0.2) is 0 Å². The third-order valence-electron chi connectivity index (χ3n) is 2.85. The predicted molar refractivity (Wildman–Crippen MR) is 81.0 cm³/mol. The Kier molecular flexibility index (Phi) is 5.06. The van der Waals surface area contributed by atoms with Crippen LogP contribution in [-0.2, 0) is 6.54 Å². The molecular weight excluding hydrogens is 272 g/mol. The van der Waals surface area contributed by atoms with Gasteiger partial charge in [0.25, 0.3) is 5.91 Å². The Balaban J connectivity index is 1.90. The number of carbonyl (C=O) groups excluding carboxylic acids is 1. The van der Waals surface area contributed by atoms with Crippen molar-refractivity contribution in [1.82, 2.24) is 15.5 Å². The maximum absolute atomic E-state index is 11.9. The van der Waals surface area contributed by atoms with Gasteiger partial charge in [-0.2, -0.15) is 11.3 Å². The maximum Gasteiger partial charge on any atom is 0.272 e. The smallest absolute Gasteiger partial charge is 0.272 e. The van der Waals surface area contributed by atoms with Crippen molar-refractivity contribution in [2.75, 3.05) is 11.9 Å². The molecular formula is C14H18N4OS.